The lowest BCUT2D eigenvalue weighted by Gasteiger charge is -2.05. The molecule has 0 aliphatic rings. The molecule has 0 bridgehead atoms. The van der Waals surface area contributed by atoms with Gasteiger partial charge in [0.2, 0.25) is 0 Å². The van der Waals surface area contributed by atoms with Crippen LogP contribution in [0.2, 0.25) is 0 Å². The minimum atomic E-state index is -0.205. The van der Waals surface area contributed by atoms with E-state index in [0.29, 0.717) is 11.1 Å². The molecular formula is C12H9O3. The van der Waals surface area contributed by atoms with Gasteiger partial charge in [0.25, 0.3) is 0 Å². The standard InChI is InChI=1S/C12H9O3/c13-9-6-4-8(5-7-9)10-2-1-3-11(14)12(10)15/h1,3-7,13-15H. The van der Waals surface area contributed by atoms with Crippen molar-refractivity contribution in [2.45, 2.75) is 0 Å². The van der Waals surface area contributed by atoms with Gasteiger partial charge in [-0.15, -0.1) is 0 Å². The predicted molar refractivity (Wildman–Crippen MR) is 55.7 cm³/mol. The van der Waals surface area contributed by atoms with Crippen LogP contribution in [0.15, 0.2) is 36.4 Å². The summed E-state index contributed by atoms with van der Waals surface area (Å²) in [6.07, 6.45) is 0. The summed E-state index contributed by atoms with van der Waals surface area (Å²) in [5.41, 5.74) is 1.09. The van der Waals surface area contributed by atoms with Crippen molar-refractivity contribution in [3.8, 4) is 28.4 Å². The first-order valence-corrected chi connectivity index (χ1v) is 4.40. The Bertz CT molecular complexity index is 475. The zero-order valence-electron chi connectivity index (χ0n) is 7.81. The molecule has 0 atom stereocenters. The number of hydrogen-bond donors (Lipinski definition) is 3. The predicted octanol–water partition coefficient (Wildman–Crippen LogP) is 2.27. The van der Waals surface area contributed by atoms with Crippen LogP contribution in [0.4, 0.5) is 0 Å². The Hall–Kier alpha value is -2.16. The third-order valence-corrected chi connectivity index (χ3v) is 2.10. The Labute approximate surface area is 86.9 Å². The van der Waals surface area contributed by atoms with Gasteiger partial charge in [-0.05, 0) is 35.9 Å². The fourth-order valence-corrected chi connectivity index (χ4v) is 1.33. The van der Waals surface area contributed by atoms with E-state index in [4.69, 9.17) is 5.11 Å². The molecule has 0 aliphatic carbocycles. The quantitative estimate of drug-likeness (QED) is 0.620. The van der Waals surface area contributed by atoms with Crippen LogP contribution in [0, 0.1) is 6.07 Å². The molecule has 0 saturated heterocycles. The van der Waals surface area contributed by atoms with E-state index in [1.54, 1.807) is 12.1 Å². The van der Waals surface area contributed by atoms with E-state index in [-0.39, 0.29) is 17.2 Å². The van der Waals surface area contributed by atoms with Crippen LogP contribution in [0.25, 0.3) is 11.1 Å². The van der Waals surface area contributed by atoms with Crippen molar-refractivity contribution in [3.05, 3.63) is 42.5 Å². The second kappa shape index (κ2) is 3.53. The molecule has 0 spiro atoms. The molecule has 3 heteroatoms. The molecule has 3 N–H and O–H groups in total. The maximum Gasteiger partial charge on any atom is 0.166 e. The van der Waals surface area contributed by atoms with Crippen molar-refractivity contribution in [1.82, 2.24) is 0 Å². The highest BCUT2D eigenvalue weighted by Gasteiger charge is 2.07. The van der Waals surface area contributed by atoms with Crippen molar-refractivity contribution >= 4 is 0 Å². The second-order valence-corrected chi connectivity index (χ2v) is 3.13. The van der Waals surface area contributed by atoms with E-state index in [0.717, 1.165) is 0 Å². The number of phenolic OH excluding ortho intramolecular Hbond substituents is 3. The Morgan fingerprint density at radius 3 is 2.20 bits per heavy atom. The molecule has 0 heterocycles. The third-order valence-electron chi connectivity index (χ3n) is 2.10. The van der Waals surface area contributed by atoms with Gasteiger partial charge >= 0.3 is 0 Å². The first kappa shape index (κ1) is 9.40. The van der Waals surface area contributed by atoms with Crippen LogP contribution < -0.4 is 0 Å². The summed E-state index contributed by atoms with van der Waals surface area (Å²) >= 11 is 0. The molecular weight excluding hydrogens is 192 g/mol. The number of aromatic hydroxyl groups is 3. The Morgan fingerprint density at radius 2 is 1.53 bits per heavy atom. The van der Waals surface area contributed by atoms with Crippen molar-refractivity contribution in [2.75, 3.05) is 0 Å². The summed E-state index contributed by atoms with van der Waals surface area (Å²) in [4.78, 5) is 0. The average molecular weight is 201 g/mol. The largest absolute Gasteiger partial charge is 0.508 e. The molecule has 0 amide bonds. The summed E-state index contributed by atoms with van der Waals surface area (Å²) in [5, 5.41) is 28.0. The Balaban J connectivity index is 2.54. The van der Waals surface area contributed by atoms with Crippen molar-refractivity contribution < 1.29 is 15.3 Å². The molecule has 0 fully saturated rings. The summed E-state index contributed by atoms with van der Waals surface area (Å²) in [6.45, 7) is 0. The summed E-state index contributed by atoms with van der Waals surface area (Å²) in [5.74, 6) is -0.238. The lowest BCUT2D eigenvalue weighted by atomic mass is 10.0. The average Bonchev–Trinajstić information content (AvgIpc) is 2.24. The molecule has 75 valence electrons. The number of phenols is 3. The highest BCUT2D eigenvalue weighted by molar-refractivity contribution is 5.72. The van der Waals surface area contributed by atoms with Crippen LogP contribution in [0.3, 0.4) is 0 Å². The van der Waals surface area contributed by atoms with E-state index >= 15 is 0 Å². The minimum Gasteiger partial charge on any atom is -0.508 e. The van der Waals surface area contributed by atoms with E-state index in [2.05, 4.69) is 6.07 Å². The van der Waals surface area contributed by atoms with Gasteiger partial charge in [-0.2, -0.15) is 0 Å². The van der Waals surface area contributed by atoms with E-state index in [1.807, 2.05) is 0 Å². The molecule has 0 unspecified atom stereocenters. The van der Waals surface area contributed by atoms with Gasteiger partial charge in [0.05, 0.1) is 0 Å². The Morgan fingerprint density at radius 1 is 0.867 bits per heavy atom. The van der Waals surface area contributed by atoms with Crippen molar-refractivity contribution in [3.63, 3.8) is 0 Å². The smallest absolute Gasteiger partial charge is 0.166 e. The third kappa shape index (κ3) is 1.72. The second-order valence-electron chi connectivity index (χ2n) is 3.13. The van der Waals surface area contributed by atoms with E-state index < -0.39 is 0 Å². The van der Waals surface area contributed by atoms with Crippen LogP contribution >= 0.6 is 0 Å². The lowest BCUT2D eigenvalue weighted by Crippen LogP contribution is -1.79. The highest BCUT2D eigenvalue weighted by atomic mass is 16.3. The first-order chi connectivity index (χ1) is 7.18. The van der Waals surface area contributed by atoms with Crippen LogP contribution in [-0.2, 0) is 0 Å². The molecule has 2 rings (SSSR count). The van der Waals surface area contributed by atoms with Gasteiger partial charge < -0.3 is 15.3 Å². The molecule has 0 saturated carbocycles. The molecule has 15 heavy (non-hydrogen) atoms. The van der Waals surface area contributed by atoms with Gasteiger partial charge in [-0.25, -0.2) is 0 Å². The molecule has 1 radical (unpaired) electrons. The fraction of sp³-hybridized carbons (Fsp3) is 0. The number of benzene rings is 2. The summed E-state index contributed by atoms with van der Waals surface area (Å²) in [7, 11) is 0. The molecule has 0 aliphatic heterocycles. The SMILES string of the molecule is Oc1ccc(-c2[c]ccc(O)c2O)cc1. The minimum absolute atomic E-state index is 0.151. The van der Waals surface area contributed by atoms with Crippen LogP contribution in [0.5, 0.6) is 17.2 Å². The normalized spacial score (nSPS) is 10.1. The van der Waals surface area contributed by atoms with Gasteiger partial charge in [0.1, 0.15) is 5.75 Å². The number of hydrogen-bond acceptors (Lipinski definition) is 3. The monoisotopic (exact) mass is 201 g/mol. The molecule has 2 aromatic carbocycles. The number of rotatable bonds is 1. The highest BCUT2D eigenvalue weighted by Crippen LogP contribution is 2.35. The van der Waals surface area contributed by atoms with Crippen LogP contribution in [-0.4, -0.2) is 15.3 Å². The lowest BCUT2D eigenvalue weighted by molar-refractivity contribution is 0.405. The van der Waals surface area contributed by atoms with Gasteiger partial charge in [-0.1, -0.05) is 12.1 Å². The maximum atomic E-state index is 9.58. The molecule has 2 aromatic rings. The zero-order chi connectivity index (χ0) is 10.8. The topological polar surface area (TPSA) is 60.7 Å². The van der Waals surface area contributed by atoms with Gasteiger partial charge in [-0.3, -0.25) is 0 Å². The molecule has 3 nitrogen and oxygen atoms in total. The maximum absolute atomic E-state index is 9.58. The zero-order valence-corrected chi connectivity index (χ0v) is 7.81. The fourth-order valence-electron chi connectivity index (χ4n) is 1.33. The van der Waals surface area contributed by atoms with Gasteiger partial charge in [0, 0.05) is 5.56 Å². The van der Waals surface area contributed by atoms with Crippen molar-refractivity contribution in [1.29, 1.82) is 0 Å². The first-order valence-electron chi connectivity index (χ1n) is 4.40. The van der Waals surface area contributed by atoms with E-state index in [1.165, 1.54) is 24.3 Å². The van der Waals surface area contributed by atoms with Gasteiger partial charge in [0.15, 0.2) is 11.5 Å². The van der Waals surface area contributed by atoms with Crippen LogP contribution in [0.1, 0.15) is 0 Å². The van der Waals surface area contributed by atoms with E-state index in [9.17, 15) is 10.2 Å². The Kier molecular flexibility index (Phi) is 2.21. The van der Waals surface area contributed by atoms with Crippen molar-refractivity contribution in [2.24, 2.45) is 0 Å². The summed E-state index contributed by atoms with van der Waals surface area (Å²) in [6, 6.07) is 12.0. The summed E-state index contributed by atoms with van der Waals surface area (Å²) < 4.78 is 0. The molecule has 0 aromatic heterocycles.